The Labute approximate surface area is 178 Å². The average molecular weight is 414 g/mol. The van der Waals surface area contributed by atoms with Crippen molar-refractivity contribution in [2.45, 2.75) is 45.3 Å². The van der Waals surface area contributed by atoms with Gasteiger partial charge in [0, 0.05) is 63.4 Å². The highest BCUT2D eigenvalue weighted by Crippen LogP contribution is 2.27. The number of likely N-dealkylation sites (N-methyl/N-ethyl adjacent to an activating group) is 1. The molecule has 2 fully saturated rings. The highest BCUT2D eigenvalue weighted by atomic mass is 16.6. The van der Waals surface area contributed by atoms with Gasteiger partial charge in [0.2, 0.25) is 0 Å². The largest absolute Gasteiger partial charge is 0.490 e. The predicted octanol–water partition coefficient (Wildman–Crippen LogP) is 3.00. The smallest absolute Gasteiger partial charge is 0.410 e. The fraction of sp³-hybridized carbons (Fsp3) is 0.591. The van der Waals surface area contributed by atoms with Crippen molar-refractivity contribution < 1.29 is 14.3 Å². The fourth-order valence-corrected chi connectivity index (χ4v) is 3.61. The Morgan fingerprint density at radius 2 is 1.93 bits per heavy atom. The van der Waals surface area contributed by atoms with Crippen molar-refractivity contribution >= 4 is 11.9 Å². The minimum absolute atomic E-state index is 0.0267. The number of anilines is 1. The van der Waals surface area contributed by atoms with Gasteiger partial charge in [0.15, 0.2) is 0 Å². The van der Waals surface area contributed by atoms with Crippen LogP contribution in [0, 0.1) is 11.3 Å². The Hall–Kier alpha value is -2.79. The highest BCUT2D eigenvalue weighted by molar-refractivity contribution is 5.68. The van der Waals surface area contributed by atoms with Crippen LogP contribution in [0.4, 0.5) is 10.6 Å². The van der Waals surface area contributed by atoms with E-state index in [-0.39, 0.29) is 12.2 Å². The van der Waals surface area contributed by atoms with E-state index in [0.717, 1.165) is 25.3 Å². The monoisotopic (exact) mass is 413 g/mol. The molecule has 0 bridgehead atoms. The summed E-state index contributed by atoms with van der Waals surface area (Å²) in [6, 6.07) is 5.67. The van der Waals surface area contributed by atoms with Crippen molar-refractivity contribution in [3.8, 4) is 11.8 Å². The molecular formula is C22H31N5O3. The summed E-state index contributed by atoms with van der Waals surface area (Å²) in [7, 11) is 2.06. The van der Waals surface area contributed by atoms with E-state index >= 15 is 0 Å². The third kappa shape index (κ3) is 5.63. The van der Waals surface area contributed by atoms with E-state index in [1.807, 2.05) is 31.7 Å². The second kappa shape index (κ2) is 8.92. The number of aromatic nitrogens is 1. The van der Waals surface area contributed by atoms with E-state index in [1.54, 1.807) is 11.0 Å². The van der Waals surface area contributed by atoms with Crippen LogP contribution in [0.2, 0.25) is 0 Å². The van der Waals surface area contributed by atoms with Crippen molar-refractivity contribution in [2.75, 3.05) is 44.7 Å². The number of carbonyl (C=O) groups excluding carboxylic acids is 1. The number of piperidine rings is 1. The molecule has 0 radical (unpaired) electrons. The van der Waals surface area contributed by atoms with Gasteiger partial charge in [-0.25, -0.2) is 9.78 Å². The first-order chi connectivity index (χ1) is 14.1. The number of likely N-dealkylation sites (tertiary alicyclic amines) is 1. The van der Waals surface area contributed by atoms with Gasteiger partial charge in [-0.1, -0.05) is 6.58 Å². The number of pyridine rings is 1. The van der Waals surface area contributed by atoms with Crippen LogP contribution in [0.5, 0.6) is 5.75 Å². The standard InChI is InChI=1S/C22H31N5O3/c1-16-15-25(5)10-11-27(16)20-13-19(12-17(14-23)24-20)29-18-6-8-26(9-7-18)21(28)30-22(2,3)4/h12-13,18H,1,6-11,15H2,2-5H3. The molecule has 0 aliphatic carbocycles. The topological polar surface area (TPSA) is 81.9 Å². The zero-order valence-corrected chi connectivity index (χ0v) is 18.3. The SMILES string of the molecule is C=C1CN(C)CCN1c1cc(OC2CCN(C(=O)OC(C)(C)C)CC2)cc(C#N)n1. The molecule has 0 saturated carbocycles. The van der Waals surface area contributed by atoms with Crippen molar-refractivity contribution in [3.63, 3.8) is 0 Å². The van der Waals surface area contributed by atoms with Crippen LogP contribution in [0.1, 0.15) is 39.3 Å². The zero-order chi connectivity index (χ0) is 21.9. The number of hydrogen-bond acceptors (Lipinski definition) is 7. The molecule has 1 aromatic rings. The summed E-state index contributed by atoms with van der Waals surface area (Å²) in [4.78, 5) is 22.6. The van der Waals surface area contributed by atoms with Gasteiger partial charge < -0.3 is 19.3 Å². The van der Waals surface area contributed by atoms with Crippen molar-refractivity contribution in [1.82, 2.24) is 14.8 Å². The van der Waals surface area contributed by atoms with Crippen LogP contribution in [-0.2, 0) is 4.74 Å². The molecule has 1 amide bonds. The number of piperazine rings is 1. The van der Waals surface area contributed by atoms with E-state index in [2.05, 4.69) is 29.6 Å². The van der Waals surface area contributed by atoms with Gasteiger partial charge in [0.25, 0.3) is 0 Å². The summed E-state index contributed by atoms with van der Waals surface area (Å²) >= 11 is 0. The van der Waals surface area contributed by atoms with Crippen LogP contribution in [0.3, 0.4) is 0 Å². The fourth-order valence-electron chi connectivity index (χ4n) is 3.61. The predicted molar refractivity (Wildman–Crippen MR) is 114 cm³/mol. The first-order valence-electron chi connectivity index (χ1n) is 10.4. The Kier molecular flexibility index (Phi) is 6.52. The molecule has 30 heavy (non-hydrogen) atoms. The van der Waals surface area contributed by atoms with Crippen LogP contribution < -0.4 is 9.64 Å². The molecule has 0 spiro atoms. The van der Waals surface area contributed by atoms with Crippen molar-refractivity contribution in [1.29, 1.82) is 5.26 Å². The normalized spacial score (nSPS) is 18.8. The third-order valence-electron chi connectivity index (χ3n) is 5.11. The Bertz CT molecular complexity index is 834. The number of nitriles is 1. The van der Waals surface area contributed by atoms with Crippen LogP contribution >= 0.6 is 0 Å². The zero-order valence-electron chi connectivity index (χ0n) is 18.3. The number of amides is 1. The van der Waals surface area contributed by atoms with Crippen LogP contribution in [0.15, 0.2) is 24.4 Å². The summed E-state index contributed by atoms with van der Waals surface area (Å²) < 4.78 is 11.6. The molecule has 0 atom stereocenters. The number of hydrogen-bond donors (Lipinski definition) is 0. The molecule has 0 N–H and O–H groups in total. The van der Waals surface area contributed by atoms with Gasteiger partial charge >= 0.3 is 6.09 Å². The average Bonchev–Trinajstić information content (AvgIpc) is 2.67. The number of rotatable bonds is 3. The quantitative estimate of drug-likeness (QED) is 0.753. The second-order valence-corrected chi connectivity index (χ2v) is 8.90. The Morgan fingerprint density at radius 3 is 2.53 bits per heavy atom. The Morgan fingerprint density at radius 1 is 1.23 bits per heavy atom. The number of ether oxygens (including phenoxy) is 2. The van der Waals surface area contributed by atoms with Gasteiger partial charge in [0.1, 0.15) is 35.0 Å². The summed E-state index contributed by atoms with van der Waals surface area (Å²) in [6.45, 7) is 13.3. The lowest BCUT2D eigenvalue weighted by molar-refractivity contribution is 0.0126. The van der Waals surface area contributed by atoms with E-state index < -0.39 is 5.60 Å². The first-order valence-corrected chi connectivity index (χ1v) is 10.4. The summed E-state index contributed by atoms with van der Waals surface area (Å²) in [5, 5.41) is 9.41. The molecule has 0 aromatic carbocycles. The second-order valence-electron chi connectivity index (χ2n) is 8.90. The molecule has 1 aromatic heterocycles. The molecule has 2 saturated heterocycles. The van der Waals surface area contributed by atoms with E-state index in [1.165, 1.54) is 0 Å². The minimum Gasteiger partial charge on any atom is -0.490 e. The summed E-state index contributed by atoms with van der Waals surface area (Å²) in [6.07, 6.45) is 1.11. The molecule has 3 heterocycles. The molecular weight excluding hydrogens is 382 g/mol. The lowest BCUT2D eigenvalue weighted by Gasteiger charge is -2.35. The maximum Gasteiger partial charge on any atom is 0.410 e. The Balaban J connectivity index is 1.64. The van der Waals surface area contributed by atoms with Crippen LogP contribution in [0.25, 0.3) is 0 Å². The van der Waals surface area contributed by atoms with E-state index in [9.17, 15) is 10.1 Å². The van der Waals surface area contributed by atoms with Crippen molar-refractivity contribution in [3.05, 3.63) is 30.1 Å². The van der Waals surface area contributed by atoms with Gasteiger partial charge in [-0.2, -0.15) is 5.26 Å². The van der Waals surface area contributed by atoms with Gasteiger partial charge in [-0.15, -0.1) is 0 Å². The first kappa shape index (κ1) is 21.9. The maximum absolute atomic E-state index is 12.2. The summed E-state index contributed by atoms with van der Waals surface area (Å²) in [5.74, 6) is 1.31. The molecule has 8 nitrogen and oxygen atoms in total. The summed E-state index contributed by atoms with van der Waals surface area (Å²) in [5.41, 5.74) is 0.766. The van der Waals surface area contributed by atoms with E-state index in [0.29, 0.717) is 43.2 Å². The van der Waals surface area contributed by atoms with Crippen molar-refractivity contribution in [2.24, 2.45) is 0 Å². The molecule has 3 rings (SSSR count). The highest BCUT2D eigenvalue weighted by Gasteiger charge is 2.28. The van der Waals surface area contributed by atoms with Gasteiger partial charge in [-0.3, -0.25) is 4.90 Å². The van der Waals surface area contributed by atoms with E-state index in [4.69, 9.17) is 9.47 Å². The number of nitrogens with zero attached hydrogens (tertiary/aromatic N) is 5. The molecule has 2 aliphatic heterocycles. The lowest BCUT2D eigenvalue weighted by Crippen LogP contribution is -2.44. The van der Waals surface area contributed by atoms with Crippen LogP contribution in [-0.4, -0.2) is 72.4 Å². The van der Waals surface area contributed by atoms with Gasteiger partial charge in [-0.05, 0) is 27.8 Å². The number of carbonyl (C=O) groups is 1. The third-order valence-corrected chi connectivity index (χ3v) is 5.11. The lowest BCUT2D eigenvalue weighted by atomic mass is 10.1. The maximum atomic E-state index is 12.2. The molecule has 162 valence electrons. The minimum atomic E-state index is -0.501. The molecule has 0 unspecified atom stereocenters. The molecule has 2 aliphatic rings. The van der Waals surface area contributed by atoms with Gasteiger partial charge in [0.05, 0.1) is 0 Å². The molecule has 8 heteroatoms.